The first kappa shape index (κ1) is 30.3. The van der Waals surface area contributed by atoms with E-state index in [0.29, 0.717) is 0 Å². The summed E-state index contributed by atoms with van der Waals surface area (Å²) in [5, 5.41) is 9.02. The van der Waals surface area contributed by atoms with Gasteiger partial charge in [-0.05, 0) is 25.7 Å². The number of hydrogen-bond acceptors (Lipinski definition) is 2. The van der Waals surface area contributed by atoms with Gasteiger partial charge in [0.25, 0.3) is 0 Å². The first-order valence-electron chi connectivity index (χ1n) is 14.1. The molecule has 0 aromatic rings. The quantitative estimate of drug-likeness (QED) is 0.113. The van der Waals surface area contributed by atoms with E-state index in [1.54, 1.807) is 0 Å². The molecule has 0 spiro atoms. The summed E-state index contributed by atoms with van der Waals surface area (Å²) in [7, 11) is 0. The smallest absolute Gasteiger partial charge is 0.450 e. The Morgan fingerprint density at radius 2 is 0.774 bits per heavy atom. The molecule has 186 valence electrons. The van der Waals surface area contributed by atoms with Crippen LogP contribution < -0.4 is 0 Å². The van der Waals surface area contributed by atoms with E-state index in [2.05, 4.69) is 13.8 Å². The molecule has 0 saturated heterocycles. The van der Waals surface area contributed by atoms with Gasteiger partial charge in [-0.2, -0.15) is 0 Å². The van der Waals surface area contributed by atoms with Crippen LogP contribution in [0.1, 0.15) is 168 Å². The Bertz CT molecular complexity index is 330. The lowest BCUT2D eigenvalue weighted by Crippen LogP contribution is -2.16. The highest BCUT2D eigenvalue weighted by molar-refractivity contribution is 5.57. The molecule has 0 fully saturated rings. The standard InChI is InChI=1S/C28H56O3/c1-3-5-7-9-11-13-15-17-19-21-23-25-27(31-28(29)30)26-24-22-20-18-16-14-12-10-8-6-4-2/h27H,3-26H2,1-2H3,(H,29,30). The molecule has 0 unspecified atom stereocenters. The monoisotopic (exact) mass is 440 g/mol. The van der Waals surface area contributed by atoms with Gasteiger partial charge in [0.15, 0.2) is 0 Å². The van der Waals surface area contributed by atoms with Crippen molar-refractivity contribution in [3.05, 3.63) is 0 Å². The maximum Gasteiger partial charge on any atom is 0.506 e. The topological polar surface area (TPSA) is 46.5 Å². The van der Waals surface area contributed by atoms with Crippen LogP contribution in [0.2, 0.25) is 0 Å². The van der Waals surface area contributed by atoms with E-state index in [-0.39, 0.29) is 6.10 Å². The molecule has 0 aromatic carbocycles. The maximum absolute atomic E-state index is 11.0. The Balaban J connectivity index is 3.54. The van der Waals surface area contributed by atoms with Gasteiger partial charge >= 0.3 is 6.16 Å². The molecular formula is C28H56O3. The number of rotatable bonds is 25. The first-order chi connectivity index (χ1) is 15.2. The third-order valence-electron chi connectivity index (χ3n) is 6.53. The lowest BCUT2D eigenvalue weighted by molar-refractivity contribution is 0.0422. The largest absolute Gasteiger partial charge is 0.506 e. The van der Waals surface area contributed by atoms with Crippen molar-refractivity contribution in [1.82, 2.24) is 0 Å². The highest BCUT2D eigenvalue weighted by Crippen LogP contribution is 2.18. The highest BCUT2D eigenvalue weighted by atomic mass is 16.7. The molecule has 31 heavy (non-hydrogen) atoms. The Hall–Kier alpha value is -0.730. The van der Waals surface area contributed by atoms with Crippen LogP contribution in [0.3, 0.4) is 0 Å². The van der Waals surface area contributed by atoms with E-state index in [1.165, 1.54) is 128 Å². The molecule has 3 nitrogen and oxygen atoms in total. The number of hydrogen-bond donors (Lipinski definition) is 1. The molecule has 0 atom stereocenters. The van der Waals surface area contributed by atoms with Gasteiger partial charge in [-0.3, -0.25) is 0 Å². The molecule has 0 rings (SSSR count). The minimum Gasteiger partial charge on any atom is -0.450 e. The van der Waals surface area contributed by atoms with Crippen molar-refractivity contribution in [2.45, 2.75) is 174 Å². The fraction of sp³-hybridized carbons (Fsp3) is 0.964. The first-order valence-corrected chi connectivity index (χ1v) is 14.1. The van der Waals surface area contributed by atoms with E-state index in [0.717, 1.165) is 25.7 Å². The summed E-state index contributed by atoms with van der Waals surface area (Å²) in [5.41, 5.74) is 0. The van der Waals surface area contributed by atoms with Crippen molar-refractivity contribution in [1.29, 1.82) is 0 Å². The van der Waals surface area contributed by atoms with Gasteiger partial charge in [-0.1, -0.05) is 142 Å². The van der Waals surface area contributed by atoms with Gasteiger partial charge in [0.1, 0.15) is 6.10 Å². The van der Waals surface area contributed by atoms with Crippen molar-refractivity contribution in [2.24, 2.45) is 0 Å². The Kier molecular flexibility index (Phi) is 24.9. The summed E-state index contributed by atoms with van der Waals surface area (Å²) in [4.78, 5) is 11.0. The van der Waals surface area contributed by atoms with E-state index in [4.69, 9.17) is 9.84 Å². The minimum atomic E-state index is -1.10. The molecule has 0 bridgehead atoms. The van der Waals surface area contributed by atoms with Gasteiger partial charge < -0.3 is 9.84 Å². The molecule has 3 heteroatoms. The summed E-state index contributed by atoms with van der Waals surface area (Å²) < 4.78 is 5.15. The second kappa shape index (κ2) is 25.5. The minimum absolute atomic E-state index is 0.0883. The summed E-state index contributed by atoms with van der Waals surface area (Å²) in [5.74, 6) is 0. The van der Waals surface area contributed by atoms with Crippen LogP contribution in [0, 0.1) is 0 Å². The Labute approximate surface area is 195 Å². The van der Waals surface area contributed by atoms with Gasteiger partial charge in [-0.15, -0.1) is 0 Å². The van der Waals surface area contributed by atoms with Crippen LogP contribution in [-0.2, 0) is 4.74 Å². The van der Waals surface area contributed by atoms with Crippen LogP contribution in [0.25, 0.3) is 0 Å². The number of ether oxygens (including phenoxy) is 1. The molecule has 0 radical (unpaired) electrons. The van der Waals surface area contributed by atoms with Gasteiger partial charge in [0.05, 0.1) is 0 Å². The summed E-state index contributed by atoms with van der Waals surface area (Å²) >= 11 is 0. The molecule has 0 aliphatic rings. The van der Waals surface area contributed by atoms with Crippen LogP contribution in [0.5, 0.6) is 0 Å². The molecule has 0 heterocycles. The molecule has 0 aliphatic heterocycles. The third-order valence-corrected chi connectivity index (χ3v) is 6.53. The molecule has 0 amide bonds. The third kappa shape index (κ3) is 25.4. The molecule has 0 aliphatic carbocycles. The van der Waals surface area contributed by atoms with Crippen molar-refractivity contribution >= 4 is 6.16 Å². The number of unbranched alkanes of at least 4 members (excludes halogenated alkanes) is 20. The zero-order chi connectivity index (χ0) is 22.8. The van der Waals surface area contributed by atoms with Crippen LogP contribution in [0.4, 0.5) is 4.79 Å². The zero-order valence-electron chi connectivity index (χ0n) is 21.3. The average Bonchev–Trinajstić information content (AvgIpc) is 2.75. The molecular weight excluding hydrogens is 384 g/mol. The number of carboxylic acid groups (broad SMARTS) is 1. The SMILES string of the molecule is CCCCCCCCCCCCCC(CCCCCCCCCCCCC)OC(=O)O. The summed E-state index contributed by atoms with van der Waals surface area (Å²) in [6.07, 6.45) is 29.8. The van der Waals surface area contributed by atoms with E-state index < -0.39 is 6.16 Å². The normalized spacial score (nSPS) is 11.3. The van der Waals surface area contributed by atoms with Gasteiger partial charge in [0, 0.05) is 0 Å². The van der Waals surface area contributed by atoms with E-state index in [9.17, 15) is 4.79 Å². The lowest BCUT2D eigenvalue weighted by Gasteiger charge is -2.16. The predicted molar refractivity (Wildman–Crippen MR) is 135 cm³/mol. The van der Waals surface area contributed by atoms with Crippen LogP contribution >= 0.6 is 0 Å². The fourth-order valence-corrected chi connectivity index (χ4v) is 4.48. The van der Waals surface area contributed by atoms with E-state index >= 15 is 0 Å². The second-order valence-corrected chi connectivity index (χ2v) is 9.65. The summed E-state index contributed by atoms with van der Waals surface area (Å²) in [6.45, 7) is 4.54. The zero-order valence-corrected chi connectivity index (χ0v) is 21.3. The highest BCUT2D eigenvalue weighted by Gasteiger charge is 2.13. The summed E-state index contributed by atoms with van der Waals surface area (Å²) in [6, 6.07) is 0. The van der Waals surface area contributed by atoms with Crippen molar-refractivity contribution < 1.29 is 14.6 Å². The molecule has 1 N–H and O–H groups in total. The Morgan fingerprint density at radius 1 is 0.516 bits per heavy atom. The predicted octanol–water partition coefficient (Wildman–Crippen LogP) is 10.5. The lowest BCUT2D eigenvalue weighted by atomic mass is 10.0. The number of carbonyl (C=O) groups is 1. The van der Waals surface area contributed by atoms with Crippen LogP contribution in [0.15, 0.2) is 0 Å². The van der Waals surface area contributed by atoms with Gasteiger partial charge in [0.2, 0.25) is 0 Å². The van der Waals surface area contributed by atoms with Gasteiger partial charge in [-0.25, -0.2) is 4.79 Å². The fourth-order valence-electron chi connectivity index (χ4n) is 4.48. The van der Waals surface area contributed by atoms with Crippen molar-refractivity contribution in [3.63, 3.8) is 0 Å². The van der Waals surface area contributed by atoms with Crippen molar-refractivity contribution in [2.75, 3.05) is 0 Å². The van der Waals surface area contributed by atoms with E-state index in [1.807, 2.05) is 0 Å². The second-order valence-electron chi connectivity index (χ2n) is 9.65. The average molecular weight is 441 g/mol. The molecule has 0 aromatic heterocycles. The van der Waals surface area contributed by atoms with Crippen LogP contribution in [-0.4, -0.2) is 17.4 Å². The Morgan fingerprint density at radius 3 is 1.03 bits per heavy atom. The van der Waals surface area contributed by atoms with Crippen molar-refractivity contribution in [3.8, 4) is 0 Å². The maximum atomic E-state index is 11.0. The molecule has 0 saturated carbocycles.